The third kappa shape index (κ3) is 3.98. The van der Waals surface area contributed by atoms with Crippen LogP contribution in [0.3, 0.4) is 0 Å². The van der Waals surface area contributed by atoms with Crippen molar-refractivity contribution in [1.29, 1.82) is 5.26 Å². The van der Waals surface area contributed by atoms with Gasteiger partial charge in [0, 0.05) is 18.2 Å². The van der Waals surface area contributed by atoms with Crippen molar-refractivity contribution in [3.63, 3.8) is 0 Å². The molecule has 1 aliphatic rings. The molecule has 2 aromatic heterocycles. The number of hydrogen-bond donors (Lipinski definition) is 1. The number of carbonyl (C=O) groups is 1. The zero-order valence-electron chi connectivity index (χ0n) is 17.9. The number of rotatable bonds is 6. The van der Waals surface area contributed by atoms with Crippen LogP contribution >= 0.6 is 0 Å². The number of nitriles is 1. The van der Waals surface area contributed by atoms with Crippen molar-refractivity contribution in [3.05, 3.63) is 65.5 Å². The van der Waals surface area contributed by atoms with Crippen LogP contribution in [-0.2, 0) is 5.41 Å². The molecule has 0 aliphatic heterocycles. The van der Waals surface area contributed by atoms with E-state index in [1.807, 2.05) is 6.07 Å². The maximum Gasteiger partial charge on any atom is 0.413 e. The Bertz CT molecular complexity index is 1270. The molecule has 1 aromatic carbocycles. The average molecular weight is 469 g/mol. The van der Waals surface area contributed by atoms with Gasteiger partial charge in [-0.3, -0.25) is 9.88 Å². The molecule has 4 rings (SSSR count). The van der Waals surface area contributed by atoms with Crippen molar-refractivity contribution in [2.24, 2.45) is 0 Å². The highest BCUT2D eigenvalue weighted by Gasteiger charge is 2.50. The van der Waals surface area contributed by atoms with Gasteiger partial charge in [-0.2, -0.15) is 5.26 Å². The SMILES string of the molecule is COc1c(C#N)ccc(F)c1-c1ccc(N(CC2(c3ncccc3F)CC(F)C2)C(=O)O)nn1. The second-order valence-electron chi connectivity index (χ2n) is 7.88. The van der Waals surface area contributed by atoms with Gasteiger partial charge in [-0.05, 0) is 49.2 Å². The van der Waals surface area contributed by atoms with Gasteiger partial charge in [0.15, 0.2) is 5.82 Å². The number of ether oxygens (including phenoxy) is 1. The van der Waals surface area contributed by atoms with E-state index in [0.29, 0.717) is 0 Å². The molecule has 0 radical (unpaired) electrons. The summed E-state index contributed by atoms with van der Waals surface area (Å²) in [4.78, 5) is 16.9. The fraction of sp³-hybridized carbons (Fsp3) is 0.261. The van der Waals surface area contributed by atoms with E-state index >= 15 is 0 Å². The molecular formula is C23H18F3N5O3. The number of aromatic nitrogens is 3. The van der Waals surface area contributed by atoms with E-state index in [9.17, 15) is 28.3 Å². The fourth-order valence-corrected chi connectivity index (χ4v) is 4.21. The Hall–Kier alpha value is -4.20. The number of anilines is 1. The van der Waals surface area contributed by atoms with Crippen LogP contribution in [-0.4, -0.2) is 46.2 Å². The van der Waals surface area contributed by atoms with Gasteiger partial charge in [-0.25, -0.2) is 18.0 Å². The molecule has 8 nitrogen and oxygen atoms in total. The Morgan fingerprint density at radius 3 is 2.56 bits per heavy atom. The Morgan fingerprint density at radius 2 is 2.00 bits per heavy atom. The largest absolute Gasteiger partial charge is 0.495 e. The Kier molecular flexibility index (Phi) is 6.06. The van der Waals surface area contributed by atoms with Crippen LogP contribution in [0.4, 0.5) is 23.8 Å². The number of carboxylic acid groups (broad SMARTS) is 1. The van der Waals surface area contributed by atoms with Crippen molar-refractivity contribution in [2.45, 2.75) is 24.4 Å². The number of alkyl halides is 1. The predicted octanol–water partition coefficient (Wildman–Crippen LogP) is 4.25. The summed E-state index contributed by atoms with van der Waals surface area (Å²) in [6.45, 7) is -0.299. The molecular weight excluding hydrogens is 451 g/mol. The summed E-state index contributed by atoms with van der Waals surface area (Å²) in [5.41, 5.74) is -1.19. The van der Waals surface area contributed by atoms with E-state index in [0.717, 1.165) is 11.0 Å². The molecule has 3 aromatic rings. The van der Waals surface area contributed by atoms with Crippen molar-refractivity contribution >= 4 is 11.9 Å². The summed E-state index contributed by atoms with van der Waals surface area (Å²) in [7, 11) is 1.28. The topological polar surface area (TPSA) is 112 Å². The van der Waals surface area contributed by atoms with Crippen molar-refractivity contribution in [2.75, 3.05) is 18.6 Å². The Balaban J connectivity index is 1.70. The van der Waals surface area contributed by atoms with E-state index in [4.69, 9.17) is 4.74 Å². The maximum atomic E-state index is 14.5. The first kappa shape index (κ1) is 23.0. The summed E-state index contributed by atoms with van der Waals surface area (Å²) < 4.78 is 48.0. The first-order chi connectivity index (χ1) is 16.3. The molecule has 1 saturated carbocycles. The molecule has 11 heteroatoms. The van der Waals surface area contributed by atoms with Gasteiger partial charge >= 0.3 is 6.09 Å². The van der Waals surface area contributed by atoms with Crippen LogP contribution in [0.15, 0.2) is 42.6 Å². The number of halogens is 3. The van der Waals surface area contributed by atoms with Gasteiger partial charge in [-0.1, -0.05) is 0 Å². The third-order valence-electron chi connectivity index (χ3n) is 5.79. The Labute approximate surface area is 192 Å². The number of nitrogens with zero attached hydrogens (tertiary/aromatic N) is 5. The molecule has 174 valence electrons. The predicted molar refractivity (Wildman–Crippen MR) is 114 cm³/mol. The van der Waals surface area contributed by atoms with Crippen LogP contribution in [0.1, 0.15) is 24.1 Å². The zero-order chi connectivity index (χ0) is 24.5. The molecule has 1 fully saturated rings. The van der Waals surface area contributed by atoms with Gasteiger partial charge in [0.1, 0.15) is 29.6 Å². The first-order valence-electron chi connectivity index (χ1n) is 10.2. The summed E-state index contributed by atoms with van der Waals surface area (Å²) in [6, 6.07) is 9.45. The van der Waals surface area contributed by atoms with Crippen LogP contribution in [0.2, 0.25) is 0 Å². The summed E-state index contributed by atoms with van der Waals surface area (Å²) in [6.07, 6.45) is -1.45. The standard InChI is InChI=1S/C23H18F3N5O3/c1-34-20-13(11-27)4-5-15(25)19(20)17-6-7-18(30-29-17)31(22(32)33)12-23(9-14(24)10-23)21-16(26)3-2-8-28-21/h2-8,14H,9-10,12H2,1H3,(H,32,33). The van der Waals surface area contributed by atoms with E-state index < -0.39 is 29.3 Å². The lowest BCUT2D eigenvalue weighted by molar-refractivity contribution is 0.0901. The minimum atomic E-state index is -1.41. The highest BCUT2D eigenvalue weighted by Crippen LogP contribution is 2.46. The lowest BCUT2D eigenvalue weighted by Crippen LogP contribution is -2.53. The first-order valence-corrected chi connectivity index (χ1v) is 10.2. The molecule has 0 atom stereocenters. The Morgan fingerprint density at radius 1 is 1.24 bits per heavy atom. The fourth-order valence-electron chi connectivity index (χ4n) is 4.21. The van der Waals surface area contributed by atoms with Gasteiger partial charge in [-0.15, -0.1) is 10.2 Å². The van der Waals surface area contributed by atoms with Crippen LogP contribution in [0.5, 0.6) is 5.75 Å². The van der Waals surface area contributed by atoms with E-state index in [-0.39, 0.29) is 53.5 Å². The number of benzene rings is 1. The van der Waals surface area contributed by atoms with E-state index in [1.165, 1.54) is 43.6 Å². The lowest BCUT2D eigenvalue weighted by Gasteiger charge is -2.45. The number of methoxy groups -OCH3 is 1. The molecule has 2 heterocycles. The van der Waals surface area contributed by atoms with Gasteiger partial charge in [0.05, 0.1) is 29.6 Å². The normalized spacial score (nSPS) is 19.1. The highest BCUT2D eigenvalue weighted by molar-refractivity contribution is 5.85. The maximum absolute atomic E-state index is 14.5. The quantitative estimate of drug-likeness (QED) is 0.574. The van der Waals surface area contributed by atoms with Crippen molar-refractivity contribution in [3.8, 4) is 23.1 Å². The minimum Gasteiger partial charge on any atom is -0.495 e. The second kappa shape index (κ2) is 8.97. The number of amides is 1. The molecule has 0 bridgehead atoms. The molecule has 34 heavy (non-hydrogen) atoms. The molecule has 0 unspecified atom stereocenters. The number of pyridine rings is 1. The highest BCUT2D eigenvalue weighted by atomic mass is 19.1. The van der Waals surface area contributed by atoms with Gasteiger partial charge in [0.25, 0.3) is 0 Å². The van der Waals surface area contributed by atoms with Crippen LogP contribution in [0.25, 0.3) is 11.3 Å². The van der Waals surface area contributed by atoms with Crippen LogP contribution < -0.4 is 9.64 Å². The smallest absolute Gasteiger partial charge is 0.413 e. The molecule has 0 saturated heterocycles. The molecule has 0 spiro atoms. The summed E-state index contributed by atoms with van der Waals surface area (Å²) >= 11 is 0. The lowest BCUT2D eigenvalue weighted by atomic mass is 9.64. The average Bonchev–Trinajstić information content (AvgIpc) is 2.81. The molecule has 1 aliphatic carbocycles. The molecule has 1 N–H and O–H groups in total. The van der Waals surface area contributed by atoms with Gasteiger partial charge in [0.2, 0.25) is 0 Å². The van der Waals surface area contributed by atoms with Crippen molar-refractivity contribution in [1.82, 2.24) is 15.2 Å². The van der Waals surface area contributed by atoms with E-state index in [2.05, 4.69) is 15.2 Å². The summed E-state index contributed by atoms with van der Waals surface area (Å²) in [5, 5.41) is 26.9. The van der Waals surface area contributed by atoms with Gasteiger partial charge < -0.3 is 9.84 Å². The van der Waals surface area contributed by atoms with Crippen molar-refractivity contribution < 1.29 is 27.8 Å². The zero-order valence-corrected chi connectivity index (χ0v) is 17.9. The molecule has 1 amide bonds. The minimum absolute atomic E-state index is 0.0125. The second-order valence-corrected chi connectivity index (χ2v) is 7.88. The van der Waals surface area contributed by atoms with E-state index in [1.54, 1.807) is 0 Å². The monoisotopic (exact) mass is 469 g/mol. The number of hydrogen-bond acceptors (Lipinski definition) is 6. The third-order valence-corrected chi connectivity index (χ3v) is 5.79. The van der Waals surface area contributed by atoms with Crippen LogP contribution in [0, 0.1) is 23.0 Å². The summed E-state index contributed by atoms with van der Waals surface area (Å²) in [5.74, 6) is -1.51.